The number of nitrogens with one attached hydrogen (secondary N) is 1. The van der Waals surface area contributed by atoms with Crippen molar-refractivity contribution in [3.8, 4) is 0 Å². The van der Waals surface area contributed by atoms with Crippen LogP contribution < -0.4 is 5.32 Å². The van der Waals surface area contributed by atoms with Gasteiger partial charge >= 0.3 is 0 Å². The summed E-state index contributed by atoms with van der Waals surface area (Å²) in [5.74, 6) is 0. The van der Waals surface area contributed by atoms with Crippen molar-refractivity contribution < 1.29 is 4.39 Å². The molecule has 1 aliphatic carbocycles. The lowest BCUT2D eigenvalue weighted by Crippen LogP contribution is -2.29. The Morgan fingerprint density at radius 3 is 2.44 bits per heavy atom. The van der Waals surface area contributed by atoms with Gasteiger partial charge in [0.05, 0.1) is 5.54 Å². The number of rotatable bonds is 0. The Labute approximate surface area is 62.1 Å². The molecule has 2 aliphatic rings. The molecule has 0 aromatic heterocycles. The minimum absolute atomic E-state index is 0.160. The third kappa shape index (κ3) is 0.679. The van der Waals surface area contributed by atoms with Gasteiger partial charge in [0, 0.05) is 6.42 Å². The van der Waals surface area contributed by atoms with E-state index in [1.807, 2.05) is 0 Å². The van der Waals surface area contributed by atoms with Gasteiger partial charge in [0.2, 0.25) is 0 Å². The van der Waals surface area contributed by atoms with Crippen LogP contribution in [0.4, 0.5) is 4.39 Å². The van der Waals surface area contributed by atoms with E-state index < -0.39 is 4.58 Å². The fourth-order valence-corrected chi connectivity index (χ4v) is 2.42. The summed E-state index contributed by atoms with van der Waals surface area (Å²) in [6, 6.07) is 0. The van der Waals surface area contributed by atoms with E-state index in [2.05, 4.69) is 21.2 Å². The topological polar surface area (TPSA) is 12.0 Å². The third-order valence-corrected chi connectivity index (χ3v) is 3.38. The Hall–Kier alpha value is 0.370. The summed E-state index contributed by atoms with van der Waals surface area (Å²) >= 11 is 3.04. The average Bonchev–Trinajstić information content (AvgIpc) is 2.27. The van der Waals surface area contributed by atoms with E-state index >= 15 is 0 Å². The summed E-state index contributed by atoms with van der Waals surface area (Å²) < 4.78 is 11.9. The second-order valence-corrected chi connectivity index (χ2v) is 4.25. The quantitative estimate of drug-likeness (QED) is 0.577. The molecule has 0 aromatic rings. The first-order valence-electron chi connectivity index (χ1n) is 3.29. The van der Waals surface area contributed by atoms with Crippen LogP contribution >= 0.6 is 15.9 Å². The Bertz CT molecular complexity index is 134. The molecule has 2 rings (SSSR count). The summed E-state index contributed by atoms with van der Waals surface area (Å²) in [4.78, 5) is 0. The molecule has 52 valence electrons. The smallest absolute Gasteiger partial charge is 0.185 e. The molecule has 0 amide bonds. The van der Waals surface area contributed by atoms with Crippen LogP contribution in [0, 0.1) is 0 Å². The Morgan fingerprint density at radius 2 is 2.22 bits per heavy atom. The van der Waals surface area contributed by atoms with Gasteiger partial charge in [-0.25, -0.2) is 4.39 Å². The molecule has 1 saturated carbocycles. The Balaban J connectivity index is 2.13. The highest BCUT2D eigenvalue weighted by atomic mass is 79.9. The molecule has 1 heterocycles. The van der Waals surface area contributed by atoms with Crippen LogP contribution in [0.1, 0.15) is 19.3 Å². The van der Waals surface area contributed by atoms with Crippen molar-refractivity contribution in [1.29, 1.82) is 0 Å². The molecule has 2 fully saturated rings. The van der Waals surface area contributed by atoms with E-state index in [9.17, 15) is 4.39 Å². The standard InChI is InChI=1S/C6H9BrFN/c7-6(8)4-5(6)2-1-3-9-5/h9H,1-4H2. The van der Waals surface area contributed by atoms with Gasteiger partial charge in [-0.2, -0.15) is 0 Å². The van der Waals surface area contributed by atoms with E-state index in [1.54, 1.807) is 0 Å². The SMILES string of the molecule is FC1(Br)CC12CCCN2. The van der Waals surface area contributed by atoms with Crippen LogP contribution in [0.2, 0.25) is 0 Å². The highest BCUT2D eigenvalue weighted by molar-refractivity contribution is 9.10. The summed E-state index contributed by atoms with van der Waals surface area (Å²) in [6.07, 6.45) is 2.77. The Kier molecular flexibility index (Phi) is 1.02. The maximum atomic E-state index is 13.0. The molecule has 1 spiro atoms. The van der Waals surface area contributed by atoms with Gasteiger partial charge < -0.3 is 5.32 Å². The third-order valence-electron chi connectivity index (χ3n) is 2.34. The molecule has 1 saturated heterocycles. The van der Waals surface area contributed by atoms with Gasteiger partial charge in [-0.1, -0.05) is 0 Å². The van der Waals surface area contributed by atoms with Crippen molar-refractivity contribution in [2.24, 2.45) is 0 Å². The van der Waals surface area contributed by atoms with Gasteiger partial charge in [0.15, 0.2) is 4.58 Å². The van der Waals surface area contributed by atoms with Crippen LogP contribution in [0.15, 0.2) is 0 Å². The first-order valence-corrected chi connectivity index (χ1v) is 4.09. The zero-order valence-corrected chi connectivity index (χ0v) is 6.67. The van der Waals surface area contributed by atoms with E-state index in [0.29, 0.717) is 6.42 Å². The predicted octanol–water partition coefficient (Wildman–Crippen LogP) is 1.57. The lowest BCUT2D eigenvalue weighted by Gasteiger charge is -2.07. The zero-order chi connectivity index (χ0) is 6.54. The second-order valence-electron chi connectivity index (χ2n) is 2.99. The second kappa shape index (κ2) is 1.51. The lowest BCUT2D eigenvalue weighted by molar-refractivity contribution is 0.371. The van der Waals surface area contributed by atoms with Crippen LogP contribution in [0.3, 0.4) is 0 Å². The van der Waals surface area contributed by atoms with E-state index in [-0.39, 0.29) is 5.54 Å². The fraction of sp³-hybridized carbons (Fsp3) is 1.00. The number of hydrogen-bond acceptors (Lipinski definition) is 1. The number of halogens is 2. The van der Waals surface area contributed by atoms with Crippen LogP contribution in [0.5, 0.6) is 0 Å². The molecule has 1 N–H and O–H groups in total. The summed E-state index contributed by atoms with van der Waals surface area (Å²) in [6.45, 7) is 0.983. The van der Waals surface area contributed by atoms with Gasteiger partial charge in [0.25, 0.3) is 0 Å². The molecule has 2 unspecified atom stereocenters. The normalized spacial score (nSPS) is 56.7. The molecular formula is C6H9BrFN. The minimum atomic E-state index is -1.07. The summed E-state index contributed by atoms with van der Waals surface area (Å²) in [5.41, 5.74) is -0.160. The summed E-state index contributed by atoms with van der Waals surface area (Å²) in [5, 5.41) is 3.18. The lowest BCUT2D eigenvalue weighted by atomic mass is 10.2. The molecule has 3 heteroatoms. The van der Waals surface area contributed by atoms with Crippen molar-refractivity contribution >= 4 is 15.9 Å². The number of hydrogen-bond donors (Lipinski definition) is 1. The van der Waals surface area contributed by atoms with Crippen molar-refractivity contribution in [1.82, 2.24) is 5.32 Å². The largest absolute Gasteiger partial charge is 0.308 e. The van der Waals surface area contributed by atoms with Gasteiger partial charge in [0.1, 0.15) is 0 Å². The van der Waals surface area contributed by atoms with Crippen molar-refractivity contribution in [2.75, 3.05) is 6.54 Å². The van der Waals surface area contributed by atoms with Gasteiger partial charge in [-0.15, -0.1) is 0 Å². The van der Waals surface area contributed by atoms with Crippen molar-refractivity contribution in [2.45, 2.75) is 29.4 Å². The fourth-order valence-electron chi connectivity index (χ4n) is 1.60. The molecule has 0 aromatic carbocycles. The molecule has 2 atom stereocenters. The molecule has 9 heavy (non-hydrogen) atoms. The van der Waals surface area contributed by atoms with E-state index in [4.69, 9.17) is 0 Å². The zero-order valence-electron chi connectivity index (χ0n) is 5.08. The van der Waals surface area contributed by atoms with Crippen LogP contribution in [0.25, 0.3) is 0 Å². The molecule has 0 radical (unpaired) electrons. The van der Waals surface area contributed by atoms with Gasteiger partial charge in [-0.05, 0) is 35.3 Å². The maximum absolute atomic E-state index is 13.0. The van der Waals surface area contributed by atoms with Crippen LogP contribution in [-0.4, -0.2) is 16.7 Å². The monoisotopic (exact) mass is 193 g/mol. The average molecular weight is 194 g/mol. The first kappa shape index (κ1) is 6.10. The van der Waals surface area contributed by atoms with E-state index in [1.165, 1.54) is 0 Å². The number of alkyl halides is 2. The molecule has 1 nitrogen and oxygen atoms in total. The van der Waals surface area contributed by atoms with Gasteiger partial charge in [-0.3, -0.25) is 0 Å². The first-order chi connectivity index (χ1) is 4.16. The highest BCUT2D eigenvalue weighted by Gasteiger charge is 2.68. The predicted molar refractivity (Wildman–Crippen MR) is 37.4 cm³/mol. The molecular weight excluding hydrogens is 185 g/mol. The Morgan fingerprint density at radius 1 is 1.56 bits per heavy atom. The van der Waals surface area contributed by atoms with E-state index in [0.717, 1.165) is 19.4 Å². The van der Waals surface area contributed by atoms with Crippen molar-refractivity contribution in [3.05, 3.63) is 0 Å². The molecule has 0 bridgehead atoms. The van der Waals surface area contributed by atoms with Crippen molar-refractivity contribution in [3.63, 3.8) is 0 Å². The highest BCUT2D eigenvalue weighted by Crippen LogP contribution is 2.59. The van der Waals surface area contributed by atoms with Crippen LogP contribution in [-0.2, 0) is 0 Å². The molecule has 1 aliphatic heterocycles. The maximum Gasteiger partial charge on any atom is 0.185 e. The summed E-state index contributed by atoms with van der Waals surface area (Å²) in [7, 11) is 0. The minimum Gasteiger partial charge on any atom is -0.308 e.